The van der Waals surface area contributed by atoms with Gasteiger partial charge in [0.25, 0.3) is 0 Å². The van der Waals surface area contributed by atoms with Crippen molar-refractivity contribution >= 4 is 0 Å². The summed E-state index contributed by atoms with van der Waals surface area (Å²) in [6.45, 7) is 2.23. The van der Waals surface area contributed by atoms with Crippen LogP contribution in [0, 0.1) is 0 Å². The number of unbranched alkanes of at least 4 members (excludes halogenated alkanes) is 4. The second-order valence-corrected chi connectivity index (χ2v) is 4.05. The molecule has 16 heavy (non-hydrogen) atoms. The minimum absolute atomic E-state index is 0.135. The van der Waals surface area contributed by atoms with Gasteiger partial charge in [-0.1, -0.05) is 39.0 Å². The van der Waals surface area contributed by atoms with Gasteiger partial charge in [-0.2, -0.15) is 0 Å². The molecule has 1 rings (SSSR count). The molecule has 1 unspecified atom stereocenters. The predicted molar refractivity (Wildman–Crippen MR) is 65.5 cm³/mol. The lowest BCUT2D eigenvalue weighted by Crippen LogP contribution is -2.28. The van der Waals surface area contributed by atoms with Gasteiger partial charge in [0, 0.05) is 12.4 Å². The summed E-state index contributed by atoms with van der Waals surface area (Å²) < 4.78 is 0. The zero-order chi connectivity index (χ0) is 11.6. The number of nitrogens with one attached hydrogen (secondary N) is 1. The summed E-state index contributed by atoms with van der Waals surface area (Å²) in [6, 6.07) is 0.135. The first-order valence-corrected chi connectivity index (χ1v) is 6.10. The molecular weight excluding hydrogens is 200 g/mol. The lowest BCUT2D eigenvalue weighted by Gasteiger charge is -2.14. The molecule has 1 heterocycles. The molecule has 0 saturated carbocycles. The van der Waals surface area contributed by atoms with Gasteiger partial charge in [-0.05, 0) is 6.42 Å². The Labute approximate surface area is 97.7 Å². The molecule has 1 aromatic rings. The highest BCUT2D eigenvalue weighted by atomic mass is 15.2. The number of nitrogens with zero attached hydrogens (tertiary/aromatic N) is 2. The van der Waals surface area contributed by atoms with Crippen LogP contribution in [-0.2, 0) is 0 Å². The number of hydrogen-bond acceptors (Lipinski definition) is 4. The van der Waals surface area contributed by atoms with Gasteiger partial charge in [0.2, 0.25) is 0 Å². The van der Waals surface area contributed by atoms with E-state index in [-0.39, 0.29) is 6.04 Å². The zero-order valence-electron chi connectivity index (χ0n) is 10.0. The van der Waals surface area contributed by atoms with Crippen molar-refractivity contribution < 1.29 is 0 Å². The molecule has 0 aromatic carbocycles. The molecule has 0 saturated heterocycles. The van der Waals surface area contributed by atoms with Crippen LogP contribution < -0.4 is 11.3 Å². The van der Waals surface area contributed by atoms with Crippen molar-refractivity contribution in [2.24, 2.45) is 5.84 Å². The van der Waals surface area contributed by atoms with Crippen LogP contribution in [0.25, 0.3) is 0 Å². The summed E-state index contributed by atoms with van der Waals surface area (Å²) in [5.74, 6) is 5.53. The van der Waals surface area contributed by atoms with E-state index in [9.17, 15) is 0 Å². The van der Waals surface area contributed by atoms with Crippen molar-refractivity contribution in [1.82, 2.24) is 15.4 Å². The Kier molecular flexibility index (Phi) is 6.69. The van der Waals surface area contributed by atoms with E-state index in [1.54, 1.807) is 18.6 Å². The van der Waals surface area contributed by atoms with E-state index in [4.69, 9.17) is 5.84 Å². The molecule has 0 aliphatic rings. The highest BCUT2D eigenvalue weighted by Gasteiger charge is 2.09. The van der Waals surface area contributed by atoms with E-state index in [1.807, 2.05) is 0 Å². The van der Waals surface area contributed by atoms with Crippen molar-refractivity contribution in [1.29, 1.82) is 0 Å². The van der Waals surface area contributed by atoms with Crippen LogP contribution in [0.5, 0.6) is 0 Å². The zero-order valence-corrected chi connectivity index (χ0v) is 10.0. The van der Waals surface area contributed by atoms with Crippen LogP contribution in [0.4, 0.5) is 0 Å². The Hall–Kier alpha value is -1.00. The Morgan fingerprint density at radius 2 is 2.06 bits per heavy atom. The standard InChI is InChI=1S/C12H22N4/c1-2-3-4-5-6-7-11(16-13)12-10-14-8-9-15-12/h8-11,16H,2-7,13H2,1H3. The molecule has 0 radical (unpaired) electrons. The molecule has 0 aliphatic carbocycles. The summed E-state index contributed by atoms with van der Waals surface area (Å²) in [6.07, 6.45) is 12.6. The average molecular weight is 222 g/mol. The Balaban J connectivity index is 2.27. The number of hydrogen-bond donors (Lipinski definition) is 2. The Morgan fingerprint density at radius 3 is 2.69 bits per heavy atom. The van der Waals surface area contributed by atoms with Gasteiger partial charge in [0.15, 0.2) is 0 Å². The fourth-order valence-corrected chi connectivity index (χ4v) is 1.76. The minimum atomic E-state index is 0.135. The fourth-order valence-electron chi connectivity index (χ4n) is 1.76. The van der Waals surface area contributed by atoms with E-state index >= 15 is 0 Å². The third-order valence-corrected chi connectivity index (χ3v) is 2.74. The monoisotopic (exact) mass is 222 g/mol. The molecule has 0 spiro atoms. The van der Waals surface area contributed by atoms with Gasteiger partial charge >= 0.3 is 0 Å². The number of hydrazine groups is 1. The summed E-state index contributed by atoms with van der Waals surface area (Å²) >= 11 is 0. The summed E-state index contributed by atoms with van der Waals surface area (Å²) in [7, 11) is 0. The molecule has 4 nitrogen and oxygen atoms in total. The summed E-state index contributed by atoms with van der Waals surface area (Å²) in [4.78, 5) is 8.31. The number of rotatable bonds is 8. The second kappa shape index (κ2) is 8.19. The molecule has 90 valence electrons. The van der Waals surface area contributed by atoms with E-state index in [1.165, 1.54) is 32.1 Å². The van der Waals surface area contributed by atoms with Crippen LogP contribution >= 0.6 is 0 Å². The van der Waals surface area contributed by atoms with E-state index < -0.39 is 0 Å². The van der Waals surface area contributed by atoms with Crippen LogP contribution in [-0.4, -0.2) is 9.97 Å². The van der Waals surface area contributed by atoms with Gasteiger partial charge in [0.1, 0.15) is 0 Å². The summed E-state index contributed by atoms with van der Waals surface area (Å²) in [5, 5.41) is 0. The predicted octanol–water partition coefficient (Wildman–Crippen LogP) is 2.34. The van der Waals surface area contributed by atoms with Crippen molar-refractivity contribution in [3.8, 4) is 0 Å². The molecule has 1 atom stereocenters. The number of aromatic nitrogens is 2. The third kappa shape index (κ3) is 4.68. The molecule has 0 fully saturated rings. The first-order valence-electron chi connectivity index (χ1n) is 6.10. The highest BCUT2D eigenvalue weighted by molar-refractivity contribution is 5.01. The van der Waals surface area contributed by atoms with Gasteiger partial charge in [-0.25, -0.2) is 0 Å². The molecule has 3 N–H and O–H groups in total. The van der Waals surface area contributed by atoms with Crippen LogP contribution in [0.3, 0.4) is 0 Å². The van der Waals surface area contributed by atoms with Crippen LogP contribution in [0.2, 0.25) is 0 Å². The largest absolute Gasteiger partial charge is 0.271 e. The van der Waals surface area contributed by atoms with Crippen LogP contribution in [0.15, 0.2) is 18.6 Å². The van der Waals surface area contributed by atoms with E-state index in [0.717, 1.165) is 12.1 Å². The maximum absolute atomic E-state index is 5.53. The lowest BCUT2D eigenvalue weighted by molar-refractivity contribution is 0.469. The normalized spacial score (nSPS) is 12.6. The highest BCUT2D eigenvalue weighted by Crippen LogP contribution is 2.16. The average Bonchev–Trinajstić information content (AvgIpc) is 2.35. The first-order chi connectivity index (χ1) is 7.88. The first kappa shape index (κ1) is 13.1. The molecule has 4 heteroatoms. The Morgan fingerprint density at radius 1 is 1.25 bits per heavy atom. The van der Waals surface area contributed by atoms with Crippen LogP contribution in [0.1, 0.15) is 57.2 Å². The van der Waals surface area contributed by atoms with Crippen molar-refractivity contribution in [3.05, 3.63) is 24.3 Å². The topological polar surface area (TPSA) is 63.8 Å². The quantitative estimate of drug-likeness (QED) is 0.402. The molecule has 0 aliphatic heterocycles. The maximum Gasteiger partial charge on any atom is 0.0769 e. The van der Waals surface area contributed by atoms with E-state index in [0.29, 0.717) is 0 Å². The SMILES string of the molecule is CCCCCCCC(NN)c1cnccn1. The molecule has 0 bridgehead atoms. The smallest absolute Gasteiger partial charge is 0.0769 e. The third-order valence-electron chi connectivity index (χ3n) is 2.74. The summed E-state index contributed by atoms with van der Waals surface area (Å²) in [5.41, 5.74) is 3.74. The van der Waals surface area contributed by atoms with Gasteiger partial charge in [0.05, 0.1) is 17.9 Å². The molecule has 1 aromatic heterocycles. The van der Waals surface area contributed by atoms with Gasteiger partial charge in [-0.3, -0.25) is 21.2 Å². The fraction of sp³-hybridized carbons (Fsp3) is 0.667. The second-order valence-electron chi connectivity index (χ2n) is 4.05. The van der Waals surface area contributed by atoms with Gasteiger partial charge < -0.3 is 0 Å². The minimum Gasteiger partial charge on any atom is -0.271 e. The maximum atomic E-state index is 5.53. The van der Waals surface area contributed by atoms with Crippen molar-refractivity contribution in [2.75, 3.05) is 0 Å². The Bertz CT molecular complexity index is 263. The molecular formula is C12H22N4. The van der Waals surface area contributed by atoms with Crippen molar-refractivity contribution in [2.45, 2.75) is 51.5 Å². The van der Waals surface area contributed by atoms with Gasteiger partial charge in [-0.15, -0.1) is 0 Å². The lowest BCUT2D eigenvalue weighted by atomic mass is 10.0. The van der Waals surface area contributed by atoms with E-state index in [2.05, 4.69) is 22.3 Å². The number of nitrogens with two attached hydrogens (primary N) is 1. The molecule has 0 amide bonds. The van der Waals surface area contributed by atoms with Crippen molar-refractivity contribution in [3.63, 3.8) is 0 Å².